The number of rotatable bonds is 11. The third-order valence-electron chi connectivity index (χ3n) is 4.86. The van der Waals surface area contributed by atoms with Gasteiger partial charge in [0.2, 0.25) is 11.8 Å². The summed E-state index contributed by atoms with van der Waals surface area (Å²) in [6.45, 7) is 5.85. The van der Waals surface area contributed by atoms with Crippen LogP contribution >= 0.6 is 35.0 Å². The molecule has 0 saturated heterocycles. The van der Waals surface area contributed by atoms with E-state index in [0.717, 1.165) is 11.3 Å². The van der Waals surface area contributed by atoms with E-state index in [4.69, 9.17) is 27.9 Å². The van der Waals surface area contributed by atoms with Crippen molar-refractivity contribution in [3.8, 4) is 5.75 Å². The van der Waals surface area contributed by atoms with E-state index in [2.05, 4.69) is 5.32 Å². The second-order valence-electron chi connectivity index (χ2n) is 7.65. The van der Waals surface area contributed by atoms with Crippen molar-refractivity contribution in [1.29, 1.82) is 0 Å². The molecule has 174 valence electrons. The van der Waals surface area contributed by atoms with E-state index in [1.165, 1.54) is 11.8 Å². The zero-order chi connectivity index (χ0) is 23.7. The Balaban J connectivity index is 2.17. The normalized spacial score (nSPS) is 11.8. The minimum absolute atomic E-state index is 0.0261. The summed E-state index contributed by atoms with van der Waals surface area (Å²) >= 11 is 14.2. The van der Waals surface area contributed by atoms with Crippen molar-refractivity contribution in [2.75, 3.05) is 12.9 Å². The topological polar surface area (TPSA) is 58.6 Å². The van der Waals surface area contributed by atoms with Gasteiger partial charge < -0.3 is 15.0 Å². The lowest BCUT2D eigenvalue weighted by Gasteiger charge is -2.31. The molecule has 0 aliphatic heterocycles. The van der Waals surface area contributed by atoms with Crippen molar-refractivity contribution >= 4 is 46.8 Å². The lowest BCUT2D eigenvalue weighted by molar-refractivity contribution is -0.139. The number of hydrogen-bond donors (Lipinski definition) is 1. The molecular weight excluding hydrogens is 467 g/mol. The molecule has 0 aliphatic carbocycles. The van der Waals surface area contributed by atoms with Crippen LogP contribution in [0.1, 0.15) is 38.3 Å². The first kappa shape index (κ1) is 26.4. The Morgan fingerprint density at radius 1 is 1.09 bits per heavy atom. The predicted molar refractivity (Wildman–Crippen MR) is 134 cm³/mol. The van der Waals surface area contributed by atoms with Gasteiger partial charge in [-0.15, -0.1) is 11.8 Å². The average molecular weight is 497 g/mol. The molecule has 1 atom stereocenters. The van der Waals surface area contributed by atoms with Crippen LogP contribution in [-0.4, -0.2) is 41.7 Å². The molecule has 0 saturated carbocycles. The maximum atomic E-state index is 13.3. The van der Waals surface area contributed by atoms with E-state index in [1.54, 1.807) is 30.2 Å². The van der Waals surface area contributed by atoms with Crippen LogP contribution in [-0.2, 0) is 21.9 Å². The maximum Gasteiger partial charge on any atom is 0.243 e. The lowest BCUT2D eigenvalue weighted by Crippen LogP contribution is -2.51. The molecule has 5 nitrogen and oxygen atoms in total. The van der Waals surface area contributed by atoms with Gasteiger partial charge in [-0.2, -0.15) is 0 Å². The van der Waals surface area contributed by atoms with Gasteiger partial charge in [-0.05, 0) is 50.1 Å². The summed E-state index contributed by atoms with van der Waals surface area (Å²) in [5, 5.41) is 3.86. The number of benzene rings is 2. The molecule has 0 spiro atoms. The van der Waals surface area contributed by atoms with E-state index >= 15 is 0 Å². The van der Waals surface area contributed by atoms with Gasteiger partial charge in [0.15, 0.2) is 0 Å². The van der Waals surface area contributed by atoms with Crippen LogP contribution in [0.5, 0.6) is 5.75 Å². The number of thioether (sulfide) groups is 1. The predicted octanol–water partition coefficient (Wildman–Crippen LogP) is 5.57. The number of carbonyl (C=O) groups is 2. The molecule has 1 N–H and O–H groups in total. The molecule has 0 bridgehead atoms. The fourth-order valence-corrected chi connectivity index (χ4v) is 4.60. The highest BCUT2D eigenvalue weighted by atomic mass is 35.5. The van der Waals surface area contributed by atoms with E-state index in [9.17, 15) is 9.59 Å². The van der Waals surface area contributed by atoms with E-state index in [0.29, 0.717) is 27.8 Å². The number of halogens is 2. The van der Waals surface area contributed by atoms with Gasteiger partial charge in [-0.1, -0.05) is 48.3 Å². The van der Waals surface area contributed by atoms with Crippen LogP contribution in [0.3, 0.4) is 0 Å². The minimum atomic E-state index is -0.612. The number of nitrogens with one attached hydrogen (secondary N) is 1. The summed E-state index contributed by atoms with van der Waals surface area (Å²) in [7, 11) is 1.63. The third kappa shape index (κ3) is 7.61. The third-order valence-corrected chi connectivity index (χ3v) is 6.56. The number of methoxy groups -OCH3 is 1. The first-order valence-electron chi connectivity index (χ1n) is 10.5. The first-order chi connectivity index (χ1) is 15.3. The fraction of sp³-hybridized carbons (Fsp3) is 0.417. The Morgan fingerprint density at radius 3 is 2.25 bits per heavy atom. The molecule has 0 radical (unpaired) electrons. The summed E-state index contributed by atoms with van der Waals surface area (Å²) in [5.41, 5.74) is 1.73. The Hall–Kier alpha value is -1.89. The minimum Gasteiger partial charge on any atom is -0.497 e. The maximum absolute atomic E-state index is 13.3. The van der Waals surface area contributed by atoms with Crippen LogP contribution in [0, 0.1) is 0 Å². The highest BCUT2D eigenvalue weighted by molar-refractivity contribution is 7.99. The summed E-state index contributed by atoms with van der Waals surface area (Å²) in [4.78, 5) is 27.7. The van der Waals surface area contributed by atoms with Crippen molar-refractivity contribution in [2.45, 2.75) is 51.6 Å². The molecular formula is C24H30Cl2N2O3S. The number of nitrogens with zero attached hydrogens (tertiary/aromatic N) is 1. The molecule has 32 heavy (non-hydrogen) atoms. The van der Waals surface area contributed by atoms with Crippen LogP contribution in [0.4, 0.5) is 0 Å². The second kappa shape index (κ2) is 13.0. The quantitative estimate of drug-likeness (QED) is 0.441. The molecule has 2 aromatic carbocycles. The standard InChI is InChI=1S/C24H30Cl2N2O3S/c1-5-22(24(30)27-16(2)3)28(13-19-20(25)7-6-8-21(19)26)23(29)15-32-14-17-9-11-18(31-4)12-10-17/h6-12,16,22H,5,13-15H2,1-4H3,(H,27,30). The zero-order valence-electron chi connectivity index (χ0n) is 18.9. The van der Waals surface area contributed by atoms with Gasteiger partial charge >= 0.3 is 0 Å². The van der Waals surface area contributed by atoms with Gasteiger partial charge in [0.25, 0.3) is 0 Å². The van der Waals surface area contributed by atoms with E-state index in [-0.39, 0.29) is 30.2 Å². The number of ether oxygens (including phenoxy) is 1. The van der Waals surface area contributed by atoms with Crippen LogP contribution in [0.2, 0.25) is 10.0 Å². The highest BCUT2D eigenvalue weighted by Crippen LogP contribution is 2.27. The molecule has 0 aliphatic rings. The monoisotopic (exact) mass is 496 g/mol. The molecule has 8 heteroatoms. The molecule has 1 unspecified atom stereocenters. The number of carbonyl (C=O) groups excluding carboxylic acids is 2. The van der Waals surface area contributed by atoms with E-state index in [1.807, 2.05) is 45.0 Å². The first-order valence-corrected chi connectivity index (χ1v) is 12.4. The summed E-state index contributed by atoms with van der Waals surface area (Å²) in [6, 6.07) is 12.3. The van der Waals surface area contributed by atoms with Crippen molar-refractivity contribution in [2.24, 2.45) is 0 Å². The van der Waals surface area contributed by atoms with Crippen molar-refractivity contribution in [3.05, 3.63) is 63.6 Å². The van der Waals surface area contributed by atoms with Crippen molar-refractivity contribution in [3.63, 3.8) is 0 Å². The van der Waals surface area contributed by atoms with Gasteiger partial charge in [0, 0.05) is 33.9 Å². The average Bonchev–Trinajstić information content (AvgIpc) is 2.75. The largest absolute Gasteiger partial charge is 0.497 e. The van der Waals surface area contributed by atoms with Gasteiger partial charge in [-0.25, -0.2) is 0 Å². The molecule has 2 amide bonds. The van der Waals surface area contributed by atoms with Crippen molar-refractivity contribution < 1.29 is 14.3 Å². The van der Waals surface area contributed by atoms with Crippen LogP contribution < -0.4 is 10.1 Å². The SMILES string of the molecule is CCC(C(=O)NC(C)C)N(Cc1c(Cl)cccc1Cl)C(=O)CSCc1ccc(OC)cc1. The van der Waals surface area contributed by atoms with E-state index < -0.39 is 6.04 Å². The zero-order valence-corrected chi connectivity index (χ0v) is 21.2. The molecule has 2 aromatic rings. The Labute approximate surface area is 204 Å². The second-order valence-corrected chi connectivity index (χ2v) is 9.45. The van der Waals surface area contributed by atoms with Gasteiger partial charge in [-0.3, -0.25) is 9.59 Å². The smallest absolute Gasteiger partial charge is 0.243 e. The highest BCUT2D eigenvalue weighted by Gasteiger charge is 2.29. The van der Waals surface area contributed by atoms with Crippen LogP contribution in [0.25, 0.3) is 0 Å². The summed E-state index contributed by atoms with van der Waals surface area (Å²) < 4.78 is 5.18. The lowest BCUT2D eigenvalue weighted by atomic mass is 10.1. The molecule has 0 aromatic heterocycles. The summed E-state index contributed by atoms with van der Waals surface area (Å²) in [6.07, 6.45) is 0.482. The molecule has 0 fully saturated rings. The van der Waals surface area contributed by atoms with Crippen LogP contribution in [0.15, 0.2) is 42.5 Å². The summed E-state index contributed by atoms with van der Waals surface area (Å²) in [5.74, 6) is 1.38. The van der Waals surface area contributed by atoms with Gasteiger partial charge in [0.1, 0.15) is 11.8 Å². The van der Waals surface area contributed by atoms with Gasteiger partial charge in [0.05, 0.1) is 12.9 Å². The number of amides is 2. The van der Waals surface area contributed by atoms with Crippen molar-refractivity contribution in [1.82, 2.24) is 10.2 Å². The molecule has 2 rings (SSSR count). The molecule has 0 heterocycles. The Bertz CT molecular complexity index is 886. The Morgan fingerprint density at radius 2 is 1.72 bits per heavy atom. The Kier molecular flexibility index (Phi) is 10.7. The fourth-order valence-electron chi connectivity index (χ4n) is 3.21. The number of hydrogen-bond acceptors (Lipinski definition) is 4.